The fraction of sp³-hybridized carbons (Fsp3) is 0.522. The fourth-order valence-electron chi connectivity index (χ4n) is 4.91. The summed E-state index contributed by atoms with van der Waals surface area (Å²) in [6, 6.07) is 10.0. The molecule has 3 aliphatic heterocycles. The zero-order valence-electron chi connectivity index (χ0n) is 16.5. The van der Waals surface area contributed by atoms with Gasteiger partial charge in [0.25, 0.3) is 0 Å². The van der Waals surface area contributed by atoms with Crippen molar-refractivity contribution in [3.63, 3.8) is 0 Å². The first-order valence-electron chi connectivity index (χ1n) is 10.5. The van der Waals surface area contributed by atoms with Gasteiger partial charge in [-0.25, -0.2) is 0 Å². The Morgan fingerprint density at radius 2 is 1.86 bits per heavy atom. The van der Waals surface area contributed by atoms with Gasteiger partial charge in [-0.3, -0.25) is 14.4 Å². The SMILES string of the molecule is CCCN1C(=O)[C@@H]2CC[C@H]1CN(C(=O)CC1=C(c3ccccc3)CCC1=O)C2. The average Bonchev–Trinajstić information content (AvgIpc) is 2.88. The molecule has 0 spiro atoms. The molecule has 5 rings (SSSR count). The smallest absolute Gasteiger partial charge is 0.227 e. The Kier molecular flexibility index (Phi) is 5.33. The van der Waals surface area contributed by atoms with Crippen molar-refractivity contribution in [2.45, 2.75) is 51.5 Å². The first-order chi connectivity index (χ1) is 13.6. The van der Waals surface area contributed by atoms with Crippen LogP contribution in [-0.4, -0.2) is 53.1 Å². The molecule has 5 nitrogen and oxygen atoms in total. The predicted octanol–water partition coefficient (Wildman–Crippen LogP) is 3.05. The predicted molar refractivity (Wildman–Crippen MR) is 107 cm³/mol. The van der Waals surface area contributed by atoms with Crippen LogP contribution in [0.25, 0.3) is 5.57 Å². The van der Waals surface area contributed by atoms with Crippen LogP contribution in [0, 0.1) is 5.92 Å². The number of hydrogen-bond acceptors (Lipinski definition) is 3. The van der Waals surface area contributed by atoms with E-state index in [1.165, 1.54) is 0 Å². The lowest BCUT2D eigenvalue weighted by Gasteiger charge is -2.35. The van der Waals surface area contributed by atoms with E-state index < -0.39 is 0 Å². The van der Waals surface area contributed by atoms with E-state index in [2.05, 4.69) is 6.92 Å². The van der Waals surface area contributed by atoms with E-state index in [0.717, 1.165) is 36.9 Å². The third-order valence-electron chi connectivity index (χ3n) is 6.36. The van der Waals surface area contributed by atoms with Crippen molar-refractivity contribution in [1.29, 1.82) is 0 Å². The Morgan fingerprint density at radius 3 is 2.61 bits per heavy atom. The normalized spacial score (nSPS) is 24.9. The van der Waals surface area contributed by atoms with Crippen LogP contribution in [-0.2, 0) is 14.4 Å². The molecule has 2 atom stereocenters. The van der Waals surface area contributed by atoms with E-state index in [-0.39, 0.29) is 36.0 Å². The molecule has 3 fully saturated rings. The highest BCUT2D eigenvalue weighted by atomic mass is 16.2. The minimum Gasteiger partial charge on any atom is -0.340 e. The van der Waals surface area contributed by atoms with E-state index in [1.54, 1.807) is 0 Å². The molecule has 1 aromatic carbocycles. The van der Waals surface area contributed by atoms with Gasteiger partial charge in [0.2, 0.25) is 11.8 Å². The number of piperidine rings is 1. The second-order valence-corrected chi connectivity index (χ2v) is 8.18. The van der Waals surface area contributed by atoms with Gasteiger partial charge in [-0.2, -0.15) is 0 Å². The van der Waals surface area contributed by atoms with Crippen LogP contribution in [0.4, 0.5) is 0 Å². The van der Waals surface area contributed by atoms with Gasteiger partial charge in [0, 0.05) is 37.7 Å². The molecule has 2 bridgehead atoms. The monoisotopic (exact) mass is 380 g/mol. The highest BCUT2D eigenvalue weighted by Crippen LogP contribution is 2.35. The molecular formula is C23H28N2O3. The van der Waals surface area contributed by atoms with Gasteiger partial charge in [-0.15, -0.1) is 0 Å². The molecule has 1 aliphatic carbocycles. The lowest BCUT2D eigenvalue weighted by molar-refractivity contribution is -0.139. The van der Waals surface area contributed by atoms with Gasteiger partial charge in [-0.05, 0) is 36.8 Å². The molecular weight excluding hydrogens is 352 g/mol. The van der Waals surface area contributed by atoms with Crippen molar-refractivity contribution in [3.05, 3.63) is 41.5 Å². The summed E-state index contributed by atoms with van der Waals surface area (Å²) in [6.07, 6.45) is 4.12. The zero-order chi connectivity index (χ0) is 19.7. The maximum Gasteiger partial charge on any atom is 0.227 e. The number of carbonyl (C=O) groups excluding carboxylic acids is 3. The first-order valence-corrected chi connectivity index (χ1v) is 10.5. The van der Waals surface area contributed by atoms with E-state index in [1.807, 2.05) is 40.1 Å². The molecule has 0 N–H and O–H groups in total. The number of carbonyl (C=O) groups is 3. The van der Waals surface area contributed by atoms with Crippen molar-refractivity contribution in [2.24, 2.45) is 5.92 Å². The topological polar surface area (TPSA) is 57.7 Å². The Labute approximate surface area is 166 Å². The minimum absolute atomic E-state index is 0.0123. The van der Waals surface area contributed by atoms with E-state index in [9.17, 15) is 14.4 Å². The molecule has 1 aromatic rings. The van der Waals surface area contributed by atoms with Gasteiger partial charge >= 0.3 is 0 Å². The van der Waals surface area contributed by atoms with Crippen LogP contribution in [0.15, 0.2) is 35.9 Å². The number of ketones is 1. The maximum absolute atomic E-state index is 13.1. The number of rotatable bonds is 5. The molecule has 0 unspecified atom stereocenters. The molecule has 148 valence electrons. The lowest BCUT2D eigenvalue weighted by atomic mass is 9.94. The summed E-state index contributed by atoms with van der Waals surface area (Å²) in [4.78, 5) is 42.2. The van der Waals surface area contributed by atoms with Crippen molar-refractivity contribution >= 4 is 23.2 Å². The number of amides is 2. The Hall–Kier alpha value is -2.43. The van der Waals surface area contributed by atoms with Crippen molar-refractivity contribution < 1.29 is 14.4 Å². The van der Waals surface area contributed by atoms with Crippen LogP contribution in [0.1, 0.15) is 51.0 Å². The summed E-state index contributed by atoms with van der Waals surface area (Å²) in [5, 5.41) is 0. The van der Waals surface area contributed by atoms with Crippen LogP contribution >= 0.6 is 0 Å². The summed E-state index contributed by atoms with van der Waals surface area (Å²) >= 11 is 0. The van der Waals surface area contributed by atoms with Gasteiger partial charge in [0.1, 0.15) is 0 Å². The molecule has 2 amide bonds. The van der Waals surface area contributed by atoms with Gasteiger partial charge in [-0.1, -0.05) is 37.3 Å². The number of allylic oxidation sites excluding steroid dienone is 1. The Morgan fingerprint density at radius 1 is 1.07 bits per heavy atom. The number of Topliss-reactive ketones (excluding diaryl/α,β-unsaturated/α-hetero) is 1. The summed E-state index contributed by atoms with van der Waals surface area (Å²) in [5.74, 6) is 0.195. The molecule has 3 saturated heterocycles. The first kappa shape index (κ1) is 18.9. The molecule has 0 radical (unpaired) electrons. The van der Waals surface area contributed by atoms with Gasteiger partial charge in [0.15, 0.2) is 5.78 Å². The third kappa shape index (κ3) is 3.50. The van der Waals surface area contributed by atoms with Crippen LogP contribution in [0.5, 0.6) is 0 Å². The van der Waals surface area contributed by atoms with E-state index in [0.29, 0.717) is 31.5 Å². The van der Waals surface area contributed by atoms with Gasteiger partial charge < -0.3 is 9.80 Å². The largest absolute Gasteiger partial charge is 0.340 e. The Bertz CT molecular complexity index is 814. The van der Waals surface area contributed by atoms with E-state index >= 15 is 0 Å². The molecule has 4 aliphatic rings. The number of benzene rings is 1. The second-order valence-electron chi connectivity index (χ2n) is 8.18. The standard InChI is InChI=1S/C23H28N2O3/c1-2-12-25-18-9-8-17(23(25)28)14-24(15-18)22(27)13-20-19(10-11-21(20)26)16-6-4-3-5-7-16/h3-7,17-18H,2,8-15H2,1H3/t17-,18+/m1/s1. The average molecular weight is 380 g/mol. The Balaban J connectivity index is 1.53. The quantitative estimate of drug-likeness (QED) is 0.789. The summed E-state index contributed by atoms with van der Waals surface area (Å²) < 4.78 is 0. The van der Waals surface area contributed by atoms with Crippen molar-refractivity contribution in [3.8, 4) is 0 Å². The van der Waals surface area contributed by atoms with Crippen molar-refractivity contribution in [2.75, 3.05) is 19.6 Å². The lowest BCUT2D eigenvalue weighted by Crippen LogP contribution is -2.48. The zero-order valence-corrected chi connectivity index (χ0v) is 16.5. The minimum atomic E-state index is -0.0869. The fourth-order valence-corrected chi connectivity index (χ4v) is 4.91. The number of nitrogens with zero attached hydrogens (tertiary/aromatic N) is 2. The molecule has 0 saturated carbocycles. The second kappa shape index (κ2) is 7.90. The number of hydrogen-bond donors (Lipinski definition) is 0. The third-order valence-corrected chi connectivity index (χ3v) is 6.36. The number of fused-ring (bicyclic) bond motifs is 4. The molecule has 5 heteroatoms. The van der Waals surface area contributed by atoms with E-state index in [4.69, 9.17) is 0 Å². The molecule has 3 heterocycles. The molecule has 28 heavy (non-hydrogen) atoms. The molecule has 0 aromatic heterocycles. The maximum atomic E-state index is 13.1. The van der Waals surface area contributed by atoms with Crippen LogP contribution < -0.4 is 0 Å². The van der Waals surface area contributed by atoms with Crippen molar-refractivity contribution in [1.82, 2.24) is 9.80 Å². The van der Waals surface area contributed by atoms with Crippen LogP contribution in [0.2, 0.25) is 0 Å². The summed E-state index contributed by atoms with van der Waals surface area (Å²) in [5.41, 5.74) is 2.72. The summed E-state index contributed by atoms with van der Waals surface area (Å²) in [7, 11) is 0. The van der Waals surface area contributed by atoms with Crippen LogP contribution in [0.3, 0.4) is 0 Å². The van der Waals surface area contributed by atoms with Gasteiger partial charge in [0.05, 0.1) is 12.3 Å². The summed E-state index contributed by atoms with van der Waals surface area (Å²) in [6.45, 7) is 3.95. The highest BCUT2D eigenvalue weighted by molar-refractivity contribution is 6.10. The highest BCUT2D eigenvalue weighted by Gasteiger charge is 2.41.